The molecule has 1 unspecified atom stereocenters. The average molecular weight is 441 g/mol. The number of para-hydroxylation sites is 1. The molecule has 2 aromatic carbocycles. The van der Waals surface area contributed by atoms with Crippen LogP contribution in [0.2, 0.25) is 5.02 Å². The van der Waals surface area contributed by atoms with Crippen LogP contribution < -0.4 is 10.2 Å². The lowest BCUT2D eigenvalue weighted by Gasteiger charge is -2.34. The molecule has 2 amide bonds. The van der Waals surface area contributed by atoms with Crippen molar-refractivity contribution in [1.82, 2.24) is 15.1 Å². The standard InChI is InChI=1S/C24H29ClN4O2/c1-18(20-7-3-4-8-21(20)25)26-23(30)16-27-12-14-28(15-13-27)17-24(31)29-11-10-19-6-2-5-9-22(19)29/h2-9,18H,10-17H2,1H3,(H,26,30). The maximum absolute atomic E-state index is 12.8. The number of carbonyl (C=O) groups excluding carboxylic acids is 2. The quantitative estimate of drug-likeness (QED) is 0.750. The third kappa shape index (κ3) is 5.26. The van der Waals surface area contributed by atoms with Crippen molar-refractivity contribution >= 4 is 29.1 Å². The Morgan fingerprint density at radius 3 is 2.32 bits per heavy atom. The molecule has 0 radical (unpaired) electrons. The van der Waals surface area contributed by atoms with Crippen molar-refractivity contribution in [1.29, 1.82) is 0 Å². The summed E-state index contributed by atoms with van der Waals surface area (Å²) in [6.45, 7) is 6.62. The van der Waals surface area contributed by atoms with E-state index in [9.17, 15) is 9.59 Å². The van der Waals surface area contributed by atoms with E-state index >= 15 is 0 Å². The first kappa shape index (κ1) is 21.8. The van der Waals surface area contributed by atoms with Gasteiger partial charge >= 0.3 is 0 Å². The van der Waals surface area contributed by atoms with Crippen molar-refractivity contribution in [3.8, 4) is 0 Å². The molecule has 2 heterocycles. The highest BCUT2D eigenvalue weighted by Gasteiger charge is 2.27. The van der Waals surface area contributed by atoms with E-state index in [1.54, 1.807) is 0 Å². The number of hydrogen-bond donors (Lipinski definition) is 1. The molecule has 4 rings (SSSR count). The van der Waals surface area contributed by atoms with Gasteiger partial charge in [0.1, 0.15) is 0 Å². The summed E-state index contributed by atoms with van der Waals surface area (Å²) in [4.78, 5) is 31.5. The Balaban J connectivity index is 1.21. The normalized spacial score (nSPS) is 17.9. The summed E-state index contributed by atoms with van der Waals surface area (Å²) in [6.07, 6.45) is 0.928. The molecule has 1 fully saturated rings. The van der Waals surface area contributed by atoms with Gasteiger partial charge in [0.25, 0.3) is 0 Å². The van der Waals surface area contributed by atoms with Gasteiger partial charge in [0.15, 0.2) is 0 Å². The van der Waals surface area contributed by atoms with Crippen LogP contribution in [0.4, 0.5) is 5.69 Å². The lowest BCUT2D eigenvalue weighted by Crippen LogP contribution is -2.52. The van der Waals surface area contributed by atoms with Gasteiger partial charge in [-0.1, -0.05) is 48.0 Å². The summed E-state index contributed by atoms with van der Waals surface area (Å²) in [6, 6.07) is 15.6. The van der Waals surface area contributed by atoms with E-state index in [1.165, 1.54) is 5.56 Å². The molecule has 2 aromatic rings. The second-order valence-electron chi connectivity index (χ2n) is 8.29. The molecule has 0 spiro atoms. The minimum Gasteiger partial charge on any atom is -0.348 e. The maximum atomic E-state index is 12.8. The van der Waals surface area contributed by atoms with Gasteiger partial charge in [-0.25, -0.2) is 0 Å². The second-order valence-corrected chi connectivity index (χ2v) is 8.69. The second kappa shape index (κ2) is 9.81. The van der Waals surface area contributed by atoms with E-state index in [0.29, 0.717) is 18.1 Å². The monoisotopic (exact) mass is 440 g/mol. The van der Waals surface area contributed by atoms with Gasteiger partial charge in [0.2, 0.25) is 11.8 Å². The largest absolute Gasteiger partial charge is 0.348 e. The number of anilines is 1. The predicted molar refractivity (Wildman–Crippen MR) is 123 cm³/mol. The molecule has 7 heteroatoms. The summed E-state index contributed by atoms with van der Waals surface area (Å²) in [5.41, 5.74) is 3.22. The maximum Gasteiger partial charge on any atom is 0.241 e. The highest BCUT2D eigenvalue weighted by Crippen LogP contribution is 2.27. The Bertz CT molecular complexity index is 943. The molecule has 0 aliphatic carbocycles. The predicted octanol–water partition coefficient (Wildman–Crippen LogP) is 2.72. The van der Waals surface area contributed by atoms with Gasteiger partial charge in [-0.05, 0) is 36.6 Å². The number of benzene rings is 2. The number of rotatable bonds is 6. The molecule has 1 N–H and O–H groups in total. The highest BCUT2D eigenvalue weighted by atomic mass is 35.5. The van der Waals surface area contributed by atoms with Gasteiger partial charge in [0.05, 0.1) is 19.1 Å². The van der Waals surface area contributed by atoms with E-state index in [-0.39, 0.29) is 17.9 Å². The van der Waals surface area contributed by atoms with Gasteiger partial charge in [-0.15, -0.1) is 0 Å². The van der Waals surface area contributed by atoms with Crippen LogP contribution in [0.3, 0.4) is 0 Å². The van der Waals surface area contributed by atoms with Crippen molar-refractivity contribution in [2.24, 2.45) is 0 Å². The Morgan fingerprint density at radius 2 is 1.58 bits per heavy atom. The first-order valence-electron chi connectivity index (χ1n) is 10.9. The molecule has 31 heavy (non-hydrogen) atoms. The molecule has 0 saturated carbocycles. The lowest BCUT2D eigenvalue weighted by atomic mass is 10.1. The Kier molecular flexibility index (Phi) is 6.90. The first-order valence-corrected chi connectivity index (χ1v) is 11.3. The SMILES string of the molecule is CC(NC(=O)CN1CCN(CC(=O)N2CCc3ccccc32)CC1)c1ccccc1Cl. The molecule has 1 atom stereocenters. The lowest BCUT2D eigenvalue weighted by molar-refractivity contribution is -0.124. The van der Waals surface area contributed by atoms with Gasteiger partial charge in [-0.3, -0.25) is 19.4 Å². The molecular weight excluding hydrogens is 412 g/mol. The van der Waals surface area contributed by atoms with Gasteiger partial charge < -0.3 is 10.2 Å². The smallest absolute Gasteiger partial charge is 0.241 e. The Hall–Kier alpha value is -2.41. The minimum atomic E-state index is -0.136. The van der Waals surface area contributed by atoms with E-state index in [4.69, 9.17) is 11.6 Å². The Labute approximate surface area is 188 Å². The summed E-state index contributed by atoms with van der Waals surface area (Å²) in [5.74, 6) is 0.148. The molecule has 2 aliphatic heterocycles. The fourth-order valence-corrected chi connectivity index (χ4v) is 4.67. The fraction of sp³-hybridized carbons (Fsp3) is 0.417. The molecule has 0 aromatic heterocycles. The number of piperazine rings is 1. The van der Waals surface area contributed by atoms with Crippen LogP contribution in [0.25, 0.3) is 0 Å². The molecule has 0 bridgehead atoms. The topological polar surface area (TPSA) is 55.9 Å². The number of nitrogens with one attached hydrogen (secondary N) is 1. The highest BCUT2D eigenvalue weighted by molar-refractivity contribution is 6.31. The summed E-state index contributed by atoms with van der Waals surface area (Å²) in [7, 11) is 0. The Morgan fingerprint density at radius 1 is 0.935 bits per heavy atom. The number of nitrogens with zero attached hydrogens (tertiary/aromatic N) is 3. The molecule has 2 aliphatic rings. The van der Waals surface area contributed by atoms with Crippen LogP contribution >= 0.6 is 11.6 Å². The minimum absolute atomic E-state index is 0.00869. The van der Waals surface area contributed by atoms with Crippen LogP contribution in [0.15, 0.2) is 48.5 Å². The summed E-state index contributed by atoms with van der Waals surface area (Å²) in [5, 5.41) is 3.70. The van der Waals surface area contributed by atoms with Crippen molar-refractivity contribution in [3.63, 3.8) is 0 Å². The molecular formula is C24H29ClN4O2. The third-order valence-corrected chi connectivity index (χ3v) is 6.47. The van der Waals surface area contributed by atoms with Crippen molar-refractivity contribution in [3.05, 3.63) is 64.7 Å². The number of halogens is 1. The van der Waals surface area contributed by atoms with Gasteiger partial charge in [0, 0.05) is 43.4 Å². The van der Waals surface area contributed by atoms with Crippen LogP contribution in [0.5, 0.6) is 0 Å². The van der Waals surface area contributed by atoms with Crippen molar-refractivity contribution in [2.75, 3.05) is 50.7 Å². The van der Waals surface area contributed by atoms with Crippen LogP contribution in [-0.2, 0) is 16.0 Å². The summed E-state index contributed by atoms with van der Waals surface area (Å²) >= 11 is 6.23. The number of amides is 2. The van der Waals surface area contributed by atoms with E-state index in [2.05, 4.69) is 21.2 Å². The van der Waals surface area contributed by atoms with E-state index in [0.717, 1.165) is 50.4 Å². The zero-order valence-electron chi connectivity index (χ0n) is 17.9. The molecule has 1 saturated heterocycles. The van der Waals surface area contributed by atoms with E-state index in [1.807, 2.05) is 54.3 Å². The zero-order valence-corrected chi connectivity index (χ0v) is 18.6. The third-order valence-electron chi connectivity index (χ3n) is 6.13. The first-order chi connectivity index (χ1) is 15.0. The van der Waals surface area contributed by atoms with Crippen LogP contribution in [-0.4, -0.2) is 67.4 Å². The molecule has 6 nitrogen and oxygen atoms in total. The average Bonchev–Trinajstić information content (AvgIpc) is 3.19. The molecule has 164 valence electrons. The van der Waals surface area contributed by atoms with Crippen molar-refractivity contribution < 1.29 is 9.59 Å². The number of carbonyl (C=O) groups is 2. The summed E-state index contributed by atoms with van der Waals surface area (Å²) < 4.78 is 0. The van der Waals surface area contributed by atoms with Crippen LogP contribution in [0, 0.1) is 0 Å². The van der Waals surface area contributed by atoms with Crippen LogP contribution in [0.1, 0.15) is 24.1 Å². The van der Waals surface area contributed by atoms with Gasteiger partial charge in [-0.2, -0.15) is 0 Å². The zero-order chi connectivity index (χ0) is 21.8. The number of fused-ring (bicyclic) bond motifs is 1. The fourth-order valence-electron chi connectivity index (χ4n) is 4.37. The van der Waals surface area contributed by atoms with E-state index < -0.39 is 0 Å². The number of hydrogen-bond acceptors (Lipinski definition) is 4. The van der Waals surface area contributed by atoms with Crippen molar-refractivity contribution in [2.45, 2.75) is 19.4 Å².